The Morgan fingerprint density at radius 1 is 1.47 bits per heavy atom. The number of carbonyl (C=O) groups is 1. The summed E-state index contributed by atoms with van der Waals surface area (Å²) in [6.07, 6.45) is 2.51. The van der Waals surface area contributed by atoms with Crippen molar-refractivity contribution in [1.82, 2.24) is 0 Å². The fourth-order valence-corrected chi connectivity index (χ4v) is 2.55. The van der Waals surface area contributed by atoms with Gasteiger partial charge in [-0.05, 0) is 37.0 Å². The van der Waals surface area contributed by atoms with E-state index in [9.17, 15) is 4.79 Å². The predicted octanol–water partition coefficient (Wildman–Crippen LogP) is 3.43. The van der Waals surface area contributed by atoms with Crippen LogP contribution in [0.5, 0.6) is 5.75 Å². The van der Waals surface area contributed by atoms with Gasteiger partial charge in [0.05, 0.1) is 7.11 Å². The Hall–Kier alpha value is -1.03. The average molecular weight is 301 g/mol. The van der Waals surface area contributed by atoms with Crippen molar-refractivity contribution in [2.75, 3.05) is 7.11 Å². The molecule has 0 fully saturated rings. The number of hydrogen-bond acceptors (Lipinski definition) is 2. The van der Waals surface area contributed by atoms with Crippen LogP contribution in [0.1, 0.15) is 30.9 Å². The molecule has 1 aromatic rings. The van der Waals surface area contributed by atoms with Crippen molar-refractivity contribution < 1.29 is 14.6 Å². The number of rotatable bonds is 6. The molecule has 0 amide bonds. The minimum atomic E-state index is -0.749. The van der Waals surface area contributed by atoms with Crippen LogP contribution < -0.4 is 4.74 Å². The van der Waals surface area contributed by atoms with E-state index in [1.165, 1.54) is 0 Å². The lowest BCUT2D eigenvalue weighted by Gasteiger charge is -2.11. The average Bonchev–Trinajstić information content (AvgIpc) is 2.27. The van der Waals surface area contributed by atoms with Gasteiger partial charge in [0, 0.05) is 16.5 Å². The fourth-order valence-electron chi connectivity index (χ4n) is 1.78. The normalized spacial score (nSPS) is 10.3. The predicted molar refractivity (Wildman–Crippen MR) is 70.6 cm³/mol. The highest BCUT2D eigenvalue weighted by Gasteiger charge is 2.08. The maximum Gasteiger partial charge on any atom is 0.303 e. The Morgan fingerprint density at radius 3 is 2.71 bits per heavy atom. The molecule has 17 heavy (non-hydrogen) atoms. The standard InChI is InChI=1S/C13H17BrO3/c1-3-10-11(14)7-9(8-12(10)17-2)5-4-6-13(15)16/h7-8H,3-6H2,1-2H3,(H,15,16). The maximum absolute atomic E-state index is 10.4. The van der Waals surface area contributed by atoms with E-state index in [2.05, 4.69) is 22.9 Å². The number of aliphatic carboxylic acids is 1. The van der Waals surface area contributed by atoms with E-state index in [1.54, 1.807) is 7.11 Å². The zero-order chi connectivity index (χ0) is 12.8. The van der Waals surface area contributed by atoms with E-state index < -0.39 is 5.97 Å². The smallest absolute Gasteiger partial charge is 0.303 e. The van der Waals surface area contributed by atoms with Crippen molar-refractivity contribution in [3.05, 3.63) is 27.7 Å². The zero-order valence-corrected chi connectivity index (χ0v) is 11.7. The van der Waals surface area contributed by atoms with Gasteiger partial charge in [-0.2, -0.15) is 0 Å². The second-order valence-electron chi connectivity index (χ2n) is 3.86. The van der Waals surface area contributed by atoms with Gasteiger partial charge < -0.3 is 9.84 Å². The Labute approximate surface area is 110 Å². The molecule has 1 N–H and O–H groups in total. The number of benzene rings is 1. The number of hydrogen-bond donors (Lipinski definition) is 1. The van der Waals surface area contributed by atoms with Crippen molar-refractivity contribution >= 4 is 21.9 Å². The van der Waals surface area contributed by atoms with Crippen LogP contribution in [0, 0.1) is 0 Å². The molecule has 0 heterocycles. The Balaban J connectivity index is 2.80. The first kappa shape index (κ1) is 14.0. The molecule has 0 saturated heterocycles. The van der Waals surface area contributed by atoms with E-state index >= 15 is 0 Å². The van der Waals surface area contributed by atoms with Gasteiger partial charge in [0.1, 0.15) is 5.75 Å². The summed E-state index contributed by atoms with van der Waals surface area (Å²) in [5.74, 6) is 0.119. The summed E-state index contributed by atoms with van der Waals surface area (Å²) in [6, 6.07) is 4.04. The molecule has 0 saturated carbocycles. The van der Waals surface area contributed by atoms with Crippen LogP contribution in [0.15, 0.2) is 16.6 Å². The molecule has 0 aromatic heterocycles. The first-order valence-corrected chi connectivity index (χ1v) is 6.44. The molecule has 0 aliphatic carbocycles. The van der Waals surface area contributed by atoms with Gasteiger partial charge in [-0.25, -0.2) is 0 Å². The molecular formula is C13H17BrO3. The minimum absolute atomic E-state index is 0.204. The quantitative estimate of drug-likeness (QED) is 0.875. The van der Waals surface area contributed by atoms with Crippen LogP contribution in [0.25, 0.3) is 0 Å². The summed E-state index contributed by atoms with van der Waals surface area (Å²) in [7, 11) is 1.65. The lowest BCUT2D eigenvalue weighted by Crippen LogP contribution is -1.98. The molecule has 0 aliphatic heterocycles. The van der Waals surface area contributed by atoms with Gasteiger partial charge in [0.15, 0.2) is 0 Å². The molecule has 0 bridgehead atoms. The summed E-state index contributed by atoms with van der Waals surface area (Å²) in [4.78, 5) is 10.4. The second-order valence-corrected chi connectivity index (χ2v) is 4.71. The molecule has 0 atom stereocenters. The van der Waals surface area contributed by atoms with Crippen molar-refractivity contribution in [3.63, 3.8) is 0 Å². The molecule has 94 valence electrons. The van der Waals surface area contributed by atoms with Crippen LogP contribution in [-0.2, 0) is 17.6 Å². The van der Waals surface area contributed by atoms with E-state index in [4.69, 9.17) is 9.84 Å². The van der Waals surface area contributed by atoms with Crippen LogP contribution in [0.2, 0.25) is 0 Å². The molecule has 1 aromatic carbocycles. The Bertz CT molecular complexity index is 402. The van der Waals surface area contributed by atoms with E-state index in [0.717, 1.165) is 34.2 Å². The van der Waals surface area contributed by atoms with Crippen molar-refractivity contribution in [2.24, 2.45) is 0 Å². The van der Waals surface area contributed by atoms with Crippen molar-refractivity contribution in [3.8, 4) is 5.75 Å². The third-order valence-corrected chi connectivity index (χ3v) is 3.35. The summed E-state index contributed by atoms with van der Waals surface area (Å²) in [6.45, 7) is 2.08. The highest BCUT2D eigenvalue weighted by molar-refractivity contribution is 9.10. The summed E-state index contributed by atoms with van der Waals surface area (Å²) in [5, 5.41) is 8.60. The molecule has 0 unspecified atom stereocenters. The molecule has 4 heteroatoms. The molecule has 0 spiro atoms. The molecule has 3 nitrogen and oxygen atoms in total. The molecule has 0 aliphatic rings. The van der Waals surface area contributed by atoms with Gasteiger partial charge in [-0.15, -0.1) is 0 Å². The van der Waals surface area contributed by atoms with Crippen LogP contribution in [-0.4, -0.2) is 18.2 Å². The Morgan fingerprint density at radius 2 is 2.18 bits per heavy atom. The number of methoxy groups -OCH3 is 1. The first-order chi connectivity index (χ1) is 8.08. The minimum Gasteiger partial charge on any atom is -0.496 e. The van der Waals surface area contributed by atoms with Crippen LogP contribution >= 0.6 is 15.9 Å². The lowest BCUT2D eigenvalue weighted by molar-refractivity contribution is -0.137. The van der Waals surface area contributed by atoms with Crippen LogP contribution in [0.4, 0.5) is 0 Å². The van der Waals surface area contributed by atoms with Gasteiger partial charge in [0.25, 0.3) is 0 Å². The van der Waals surface area contributed by atoms with Gasteiger partial charge in [-0.3, -0.25) is 4.79 Å². The fraction of sp³-hybridized carbons (Fsp3) is 0.462. The van der Waals surface area contributed by atoms with E-state index in [1.807, 2.05) is 12.1 Å². The van der Waals surface area contributed by atoms with Gasteiger partial charge in [-0.1, -0.05) is 22.9 Å². The Kier molecular flexibility index (Phi) is 5.48. The highest BCUT2D eigenvalue weighted by Crippen LogP contribution is 2.29. The molecule has 1 rings (SSSR count). The van der Waals surface area contributed by atoms with Gasteiger partial charge >= 0.3 is 5.97 Å². The summed E-state index contributed by atoms with van der Waals surface area (Å²) in [5.41, 5.74) is 2.25. The van der Waals surface area contributed by atoms with Crippen molar-refractivity contribution in [1.29, 1.82) is 0 Å². The topological polar surface area (TPSA) is 46.5 Å². The lowest BCUT2D eigenvalue weighted by atomic mass is 10.0. The van der Waals surface area contributed by atoms with E-state index in [-0.39, 0.29) is 6.42 Å². The number of aryl methyl sites for hydroxylation is 1. The number of halogens is 1. The largest absolute Gasteiger partial charge is 0.496 e. The second kappa shape index (κ2) is 6.64. The third-order valence-electron chi connectivity index (χ3n) is 2.64. The summed E-state index contributed by atoms with van der Waals surface area (Å²) >= 11 is 3.52. The van der Waals surface area contributed by atoms with Crippen molar-refractivity contribution in [2.45, 2.75) is 32.6 Å². The monoisotopic (exact) mass is 300 g/mol. The summed E-state index contributed by atoms with van der Waals surface area (Å²) < 4.78 is 6.37. The molecular weight excluding hydrogens is 284 g/mol. The van der Waals surface area contributed by atoms with E-state index in [0.29, 0.717) is 6.42 Å². The SMILES string of the molecule is CCc1c(Br)cc(CCCC(=O)O)cc1OC. The first-order valence-electron chi connectivity index (χ1n) is 5.65. The van der Waals surface area contributed by atoms with Crippen LogP contribution in [0.3, 0.4) is 0 Å². The van der Waals surface area contributed by atoms with Gasteiger partial charge in [0.2, 0.25) is 0 Å². The third kappa shape index (κ3) is 4.04. The number of carboxylic acids is 1. The maximum atomic E-state index is 10.4. The number of carboxylic acid groups (broad SMARTS) is 1. The zero-order valence-electron chi connectivity index (χ0n) is 10.1. The number of ether oxygens (including phenoxy) is 1. The molecule has 0 radical (unpaired) electrons. The highest BCUT2D eigenvalue weighted by atomic mass is 79.9.